The number of hydrogen-bond donors (Lipinski definition) is 10. The van der Waals surface area contributed by atoms with E-state index < -0.39 is 193 Å². The second kappa shape index (κ2) is 65.5. The Hall–Kier alpha value is -8.67. The number of carbonyl (C=O) groups excluding carboxylic acids is 8. The van der Waals surface area contributed by atoms with Crippen LogP contribution in [0.3, 0.4) is 0 Å². The molecule has 139 heavy (non-hydrogen) atoms. The van der Waals surface area contributed by atoms with Gasteiger partial charge in [-0.25, -0.2) is 27.2 Å². The van der Waals surface area contributed by atoms with Gasteiger partial charge in [-0.2, -0.15) is 8.78 Å². The summed E-state index contributed by atoms with van der Waals surface area (Å²) in [5.74, 6) is -18.5. The van der Waals surface area contributed by atoms with Gasteiger partial charge in [0.25, 0.3) is 0 Å². The molecule has 788 valence electrons. The molecule has 0 aliphatic carbocycles. The van der Waals surface area contributed by atoms with Crippen molar-refractivity contribution >= 4 is 47.5 Å². The second-order valence-electron chi connectivity index (χ2n) is 35.0. The molecule has 0 radical (unpaired) electrons. The van der Waals surface area contributed by atoms with Crippen LogP contribution >= 0.6 is 0 Å². The van der Waals surface area contributed by atoms with Gasteiger partial charge in [-0.1, -0.05) is 95.7 Å². The number of hydrogen-bond acceptors (Lipinski definition) is 36. The van der Waals surface area contributed by atoms with Gasteiger partial charge in [0.15, 0.2) is 18.9 Å². The number of aliphatic hydroxyl groups is 6. The first-order valence-electron chi connectivity index (χ1n) is 48.1. The highest BCUT2D eigenvalue weighted by Crippen LogP contribution is 2.33. The summed E-state index contributed by atoms with van der Waals surface area (Å²) < 4.78 is 164. The lowest BCUT2D eigenvalue weighted by Crippen LogP contribution is -2.52. The fourth-order valence-electron chi connectivity index (χ4n) is 14.7. The molecule has 4 aromatic rings. The third-order valence-electron chi connectivity index (χ3n) is 22.7. The number of amides is 4. The Bertz CT molecular complexity index is 3890. The van der Waals surface area contributed by atoms with E-state index in [0.29, 0.717) is 114 Å². The second-order valence-corrected chi connectivity index (χ2v) is 35.0. The van der Waals surface area contributed by atoms with Crippen LogP contribution in [0.5, 0.6) is 5.75 Å². The molecule has 3 aliphatic heterocycles. The zero-order valence-corrected chi connectivity index (χ0v) is 80.4. The highest BCUT2D eigenvalue weighted by Gasteiger charge is 2.44. The minimum Gasteiger partial charge on any atom is -0.459 e. The van der Waals surface area contributed by atoms with Crippen LogP contribution in [0.25, 0.3) is 0 Å². The molecular weight excluding hydrogens is 1850 g/mol. The van der Waals surface area contributed by atoms with Crippen LogP contribution < -0.4 is 26.0 Å². The van der Waals surface area contributed by atoms with E-state index >= 15 is 0 Å². The van der Waals surface area contributed by atoms with Gasteiger partial charge >= 0.3 is 23.9 Å². The molecule has 12 atom stereocenters. The van der Waals surface area contributed by atoms with Crippen molar-refractivity contribution in [1.82, 2.24) is 66.2 Å². The molecule has 4 amide bonds. The Morgan fingerprint density at radius 1 is 0.388 bits per heavy atom. The van der Waals surface area contributed by atoms with Crippen LogP contribution in [0.4, 0.5) is 22.0 Å². The summed E-state index contributed by atoms with van der Waals surface area (Å²) in [4.78, 5) is 105. The van der Waals surface area contributed by atoms with Crippen LogP contribution in [0.15, 0.2) is 18.6 Å². The number of benzene rings is 1. The molecular formula is C91H144F5N13O30. The molecule has 7 rings (SSSR count). The summed E-state index contributed by atoms with van der Waals surface area (Å²) in [7, 11) is 0. The zero-order chi connectivity index (χ0) is 101. The zero-order valence-electron chi connectivity index (χ0n) is 80.4. The summed E-state index contributed by atoms with van der Waals surface area (Å²) in [5.41, 5.74) is 0.833. The minimum absolute atomic E-state index is 0.0121. The highest BCUT2D eigenvalue weighted by molar-refractivity contribution is 5.80. The Morgan fingerprint density at radius 3 is 0.993 bits per heavy atom. The fraction of sp³-hybridized carbons (Fsp3) is 0.780. The van der Waals surface area contributed by atoms with Crippen LogP contribution in [0.2, 0.25) is 0 Å². The lowest BCUT2D eigenvalue weighted by molar-refractivity contribution is -0.261. The quantitative estimate of drug-likeness (QED) is 0.00573. The number of aromatic nitrogens is 9. The summed E-state index contributed by atoms with van der Waals surface area (Å²) in [5, 5.41) is 97.9. The number of unbranched alkanes of at least 4 members (excludes halogenated alkanes) is 7. The third kappa shape index (κ3) is 44.4. The van der Waals surface area contributed by atoms with Crippen molar-refractivity contribution in [2.24, 2.45) is 17.8 Å². The molecule has 1 aromatic carbocycles. The average molecular weight is 2000 g/mol. The first-order chi connectivity index (χ1) is 66.9. The average Bonchev–Trinajstić information content (AvgIpc) is 1.19. The monoisotopic (exact) mass is 1990 g/mol. The van der Waals surface area contributed by atoms with Crippen molar-refractivity contribution in [2.75, 3.05) is 139 Å². The van der Waals surface area contributed by atoms with Crippen molar-refractivity contribution in [2.45, 2.75) is 301 Å². The fourth-order valence-corrected chi connectivity index (χ4v) is 14.7. The van der Waals surface area contributed by atoms with E-state index in [9.17, 15) is 90.9 Å². The predicted octanol–water partition coefficient (Wildman–Crippen LogP) is 3.66. The van der Waals surface area contributed by atoms with Crippen LogP contribution in [0.1, 0.15) is 200 Å². The Morgan fingerprint density at radius 2 is 0.683 bits per heavy atom. The molecule has 3 fully saturated rings. The number of rotatable bonds is 73. The van der Waals surface area contributed by atoms with Crippen LogP contribution in [-0.4, -0.2) is 341 Å². The van der Waals surface area contributed by atoms with Crippen molar-refractivity contribution in [1.29, 1.82) is 0 Å². The number of aliphatic hydroxyl groups excluding tert-OH is 6. The summed E-state index contributed by atoms with van der Waals surface area (Å²) in [6, 6.07) is 0. The van der Waals surface area contributed by atoms with Gasteiger partial charge in [-0.05, 0) is 70.6 Å². The molecule has 10 N–H and O–H groups in total. The molecule has 3 aromatic heterocycles. The van der Waals surface area contributed by atoms with E-state index in [4.69, 9.17) is 71.1 Å². The van der Waals surface area contributed by atoms with E-state index in [-0.39, 0.29) is 202 Å². The molecule has 0 unspecified atom stereocenters. The standard InChI is InChI=1S/C91H144F5N13O30/c1-59(2)88(121)136-65-50-76(133-68(56-110)84(65)118)130-35-15-18-62-53-107(104-101-62)32-41-127-47-44-124-38-29-97-71(113)23-26-91(100-74(116)21-13-11-9-7-8-10-12-14-22-75(117)139-87-82(95)80(93)79(92)81(94)83(87)96,27-24-72(114)98-30-39-125-45-48-128-42-33-108-54-63(102-105-108)19-16-36-131-77-51-66(137-89(122)60(3)4)85(119)69(57-111)134-77)28-25-73(115)99-31-40-126-46-49-129-43-34-109-55-64(103-106-109)20-17-37-132-78-52-67(138-90(123)61(5)6)86(120)70(58-112)135-78/h53-55,59-61,65-70,76-78,84-86,110-112,118-120H,7-52,56-58H2,1-6H3,(H,97,113)(H,98,114)(H,99,115)(H,100,116)/t65-,66-,67-,68-,69-,70-,76-,77-,78-,84-,85-,86-/m1/s1. The van der Waals surface area contributed by atoms with Gasteiger partial charge in [-0.15, -0.1) is 15.3 Å². The molecule has 3 saturated heterocycles. The predicted molar refractivity (Wildman–Crippen MR) is 477 cm³/mol. The summed E-state index contributed by atoms with van der Waals surface area (Å²) in [6.45, 7) is 13.3. The smallest absolute Gasteiger partial charge is 0.311 e. The van der Waals surface area contributed by atoms with Crippen LogP contribution in [-0.2, 0) is 148 Å². The topological polar surface area (TPSA) is 546 Å². The number of halogens is 5. The molecule has 3 aliphatic rings. The summed E-state index contributed by atoms with van der Waals surface area (Å²) >= 11 is 0. The maximum absolute atomic E-state index is 14.2. The number of carbonyl (C=O) groups is 8. The van der Waals surface area contributed by atoms with Crippen LogP contribution in [0, 0.1) is 46.8 Å². The molecule has 6 heterocycles. The minimum atomic E-state index is -2.38. The van der Waals surface area contributed by atoms with Gasteiger partial charge in [0.2, 0.25) is 58.5 Å². The van der Waals surface area contributed by atoms with E-state index in [0.717, 1.165) is 6.42 Å². The molecule has 48 heteroatoms. The van der Waals surface area contributed by atoms with Gasteiger partial charge in [0.1, 0.15) is 54.9 Å². The Balaban J connectivity index is 0.862. The number of aryl methyl sites for hydroxylation is 3. The van der Waals surface area contributed by atoms with Crippen molar-refractivity contribution in [3.8, 4) is 5.75 Å². The number of esters is 4. The van der Waals surface area contributed by atoms with Gasteiger partial charge in [-0.3, -0.25) is 38.4 Å². The SMILES string of the molecule is CC(C)C(=O)O[C@@H]1C[C@H](OCCCc2cn(CCOCCOCCNC(=O)CCC(CCC(=O)NCCOCCOCCn3cc(CCCO[C@H]4C[C@@H](OC(=O)C(C)C)[C@@H](O)[C@@H](CO)O4)nn3)(CCC(=O)NCCOCCOCCn3cc(CCCO[C@H]4C[C@@H](OC(=O)C(C)C)[C@@H](O)[C@@H](CO)O4)nn3)NC(=O)CCCCCCCCCCC(=O)Oc3c(F)c(F)c(F)c(F)c3F)nn2)O[C@H](CO)[C@@H]1O. The summed E-state index contributed by atoms with van der Waals surface area (Å²) in [6.07, 6.45) is 0.969. The van der Waals surface area contributed by atoms with Gasteiger partial charge in [0.05, 0.1) is 173 Å². The van der Waals surface area contributed by atoms with E-state index in [1.165, 1.54) is 0 Å². The lowest BCUT2D eigenvalue weighted by atomic mass is 9.82. The Labute approximate surface area is 805 Å². The van der Waals surface area contributed by atoms with Crippen molar-refractivity contribution in [3.63, 3.8) is 0 Å². The van der Waals surface area contributed by atoms with Gasteiger partial charge in [0, 0.05) is 95.1 Å². The largest absolute Gasteiger partial charge is 0.459 e. The number of ether oxygens (including phenoxy) is 16. The first kappa shape index (κ1) is 117. The maximum atomic E-state index is 14.2. The third-order valence-corrected chi connectivity index (χ3v) is 22.7. The highest BCUT2D eigenvalue weighted by atomic mass is 19.2. The van der Waals surface area contributed by atoms with E-state index in [2.05, 4.69) is 56.9 Å². The molecule has 0 bridgehead atoms. The molecule has 0 spiro atoms. The molecule has 0 saturated carbocycles. The molecule has 43 nitrogen and oxygen atoms in total. The number of nitrogens with zero attached hydrogens (tertiary/aromatic N) is 9. The lowest BCUT2D eigenvalue weighted by Gasteiger charge is -2.38. The van der Waals surface area contributed by atoms with Crippen molar-refractivity contribution in [3.05, 3.63) is 64.8 Å². The van der Waals surface area contributed by atoms with E-state index in [1.54, 1.807) is 74.2 Å². The Kier molecular flexibility index (Phi) is 55.3. The normalized spacial score (nSPS) is 20.1. The maximum Gasteiger partial charge on any atom is 0.311 e. The van der Waals surface area contributed by atoms with E-state index in [1.807, 2.05) is 0 Å². The number of nitrogens with one attached hydrogen (secondary N) is 4. The first-order valence-corrected chi connectivity index (χ1v) is 48.1. The van der Waals surface area contributed by atoms with Crippen molar-refractivity contribution < 1.29 is 167 Å². The van der Waals surface area contributed by atoms with Gasteiger partial charge < -0.3 is 128 Å².